The van der Waals surface area contributed by atoms with Crippen LogP contribution in [-0.2, 0) is 0 Å². The maximum atomic E-state index is 13.0. The Labute approximate surface area is 165 Å². The molecule has 1 atom stereocenters. The van der Waals surface area contributed by atoms with Gasteiger partial charge >= 0.3 is 0 Å². The Morgan fingerprint density at radius 3 is 2.39 bits per heavy atom. The van der Waals surface area contributed by atoms with Crippen molar-refractivity contribution in [1.29, 1.82) is 0 Å². The molecule has 142 valence electrons. The number of methoxy groups -OCH3 is 1. The second kappa shape index (κ2) is 8.17. The first-order valence-electron chi connectivity index (χ1n) is 9.49. The molecule has 4 heteroatoms. The van der Waals surface area contributed by atoms with Gasteiger partial charge in [-0.2, -0.15) is 0 Å². The lowest BCUT2D eigenvalue weighted by molar-refractivity contribution is 0.0790. The van der Waals surface area contributed by atoms with Gasteiger partial charge in [0.1, 0.15) is 17.2 Å². The van der Waals surface area contributed by atoms with Crippen LogP contribution in [0, 0.1) is 0 Å². The Kier molecular flexibility index (Phi) is 5.29. The molecule has 0 aliphatic carbocycles. The standard InChI is InChI=1S/C24H23NO3/c1-27-21-12-10-18(11-13-21)20-14-15-25(17-20)24(26)19-6-5-9-23(16-19)28-22-7-3-2-4-8-22/h2-13,16,20H,14-15,17H2,1H3. The molecule has 0 N–H and O–H groups in total. The van der Waals surface area contributed by atoms with E-state index in [0.29, 0.717) is 17.2 Å². The van der Waals surface area contributed by atoms with Crippen LogP contribution in [0.15, 0.2) is 78.9 Å². The van der Waals surface area contributed by atoms with E-state index in [0.717, 1.165) is 31.0 Å². The van der Waals surface area contributed by atoms with Crippen LogP contribution in [0.3, 0.4) is 0 Å². The van der Waals surface area contributed by atoms with E-state index in [1.165, 1.54) is 5.56 Å². The molecule has 0 aromatic heterocycles. The molecule has 3 aromatic carbocycles. The third kappa shape index (κ3) is 4.01. The highest BCUT2D eigenvalue weighted by atomic mass is 16.5. The lowest BCUT2D eigenvalue weighted by atomic mass is 9.98. The smallest absolute Gasteiger partial charge is 0.254 e. The van der Waals surface area contributed by atoms with Gasteiger partial charge in [-0.05, 0) is 54.4 Å². The van der Waals surface area contributed by atoms with E-state index in [-0.39, 0.29) is 5.91 Å². The molecule has 1 aliphatic heterocycles. The van der Waals surface area contributed by atoms with Crippen molar-refractivity contribution < 1.29 is 14.3 Å². The van der Waals surface area contributed by atoms with Crippen molar-refractivity contribution in [3.05, 3.63) is 90.0 Å². The third-order valence-corrected chi connectivity index (χ3v) is 5.12. The maximum Gasteiger partial charge on any atom is 0.254 e. The van der Waals surface area contributed by atoms with Crippen LogP contribution in [-0.4, -0.2) is 31.0 Å². The first kappa shape index (κ1) is 18.1. The van der Waals surface area contributed by atoms with Crippen molar-refractivity contribution in [2.45, 2.75) is 12.3 Å². The molecule has 1 aliphatic rings. The van der Waals surface area contributed by atoms with Crippen LogP contribution in [0.1, 0.15) is 28.3 Å². The van der Waals surface area contributed by atoms with Gasteiger partial charge in [0.2, 0.25) is 0 Å². The van der Waals surface area contributed by atoms with Crippen molar-refractivity contribution >= 4 is 5.91 Å². The zero-order chi connectivity index (χ0) is 19.3. The number of rotatable bonds is 5. The molecular weight excluding hydrogens is 350 g/mol. The number of nitrogens with zero attached hydrogens (tertiary/aromatic N) is 1. The summed E-state index contributed by atoms with van der Waals surface area (Å²) in [6.45, 7) is 1.49. The van der Waals surface area contributed by atoms with E-state index in [2.05, 4.69) is 12.1 Å². The van der Waals surface area contributed by atoms with Crippen molar-refractivity contribution in [3.63, 3.8) is 0 Å². The molecule has 4 rings (SSSR count). The molecular formula is C24H23NO3. The fourth-order valence-electron chi connectivity index (χ4n) is 3.59. The van der Waals surface area contributed by atoms with Gasteiger partial charge in [0, 0.05) is 24.6 Å². The van der Waals surface area contributed by atoms with Crippen LogP contribution >= 0.6 is 0 Å². The molecule has 28 heavy (non-hydrogen) atoms. The highest BCUT2D eigenvalue weighted by Gasteiger charge is 2.28. The molecule has 0 bridgehead atoms. The Bertz CT molecular complexity index is 938. The monoisotopic (exact) mass is 373 g/mol. The number of benzene rings is 3. The molecule has 0 saturated carbocycles. The molecule has 1 fully saturated rings. The minimum absolute atomic E-state index is 0.0505. The first-order valence-corrected chi connectivity index (χ1v) is 9.49. The van der Waals surface area contributed by atoms with Crippen LogP contribution in [0.25, 0.3) is 0 Å². The SMILES string of the molecule is COc1ccc(C2CCN(C(=O)c3cccc(Oc4ccccc4)c3)C2)cc1. The normalized spacial score (nSPS) is 16.0. The predicted octanol–water partition coefficient (Wildman–Crippen LogP) is 5.12. The van der Waals surface area contributed by atoms with E-state index in [1.807, 2.05) is 71.6 Å². The summed E-state index contributed by atoms with van der Waals surface area (Å²) in [5.41, 5.74) is 1.90. The van der Waals surface area contributed by atoms with E-state index >= 15 is 0 Å². The lowest BCUT2D eigenvalue weighted by Gasteiger charge is -2.17. The highest BCUT2D eigenvalue weighted by Crippen LogP contribution is 2.30. The number of carbonyl (C=O) groups excluding carboxylic acids is 1. The summed E-state index contributed by atoms with van der Waals surface area (Å²) in [4.78, 5) is 14.9. The quantitative estimate of drug-likeness (QED) is 0.623. The van der Waals surface area contributed by atoms with Crippen LogP contribution in [0.4, 0.5) is 0 Å². The number of para-hydroxylation sites is 1. The summed E-state index contributed by atoms with van der Waals surface area (Å²) in [7, 11) is 1.67. The number of ether oxygens (including phenoxy) is 2. The summed E-state index contributed by atoms with van der Waals surface area (Å²) in [5.74, 6) is 2.69. The van der Waals surface area contributed by atoms with Crippen LogP contribution < -0.4 is 9.47 Å². The number of likely N-dealkylation sites (tertiary alicyclic amines) is 1. The van der Waals surface area contributed by atoms with Gasteiger partial charge in [0.05, 0.1) is 7.11 Å². The number of hydrogen-bond acceptors (Lipinski definition) is 3. The maximum absolute atomic E-state index is 13.0. The molecule has 1 amide bonds. The van der Waals surface area contributed by atoms with Crippen molar-refractivity contribution in [2.75, 3.05) is 20.2 Å². The molecule has 0 radical (unpaired) electrons. The minimum atomic E-state index is 0.0505. The molecule has 0 spiro atoms. The Morgan fingerprint density at radius 2 is 1.64 bits per heavy atom. The van der Waals surface area contributed by atoms with Gasteiger partial charge in [0.15, 0.2) is 0 Å². The van der Waals surface area contributed by atoms with E-state index in [9.17, 15) is 4.79 Å². The van der Waals surface area contributed by atoms with Crippen molar-refractivity contribution in [1.82, 2.24) is 4.90 Å². The molecule has 1 heterocycles. The number of carbonyl (C=O) groups is 1. The fraction of sp³-hybridized carbons (Fsp3) is 0.208. The minimum Gasteiger partial charge on any atom is -0.497 e. The Hall–Kier alpha value is -3.27. The summed E-state index contributed by atoms with van der Waals surface area (Å²) in [5, 5.41) is 0. The van der Waals surface area contributed by atoms with Gasteiger partial charge in [-0.3, -0.25) is 4.79 Å². The van der Waals surface area contributed by atoms with Crippen molar-refractivity contribution in [2.24, 2.45) is 0 Å². The van der Waals surface area contributed by atoms with Gasteiger partial charge in [0.25, 0.3) is 5.91 Å². The lowest BCUT2D eigenvalue weighted by Crippen LogP contribution is -2.28. The summed E-state index contributed by atoms with van der Waals surface area (Å²) in [6.07, 6.45) is 0.971. The highest BCUT2D eigenvalue weighted by molar-refractivity contribution is 5.94. The van der Waals surface area contributed by atoms with Gasteiger partial charge in [-0.1, -0.05) is 36.4 Å². The number of amides is 1. The summed E-state index contributed by atoms with van der Waals surface area (Å²) in [6, 6.07) is 25.1. The topological polar surface area (TPSA) is 38.8 Å². The molecule has 4 nitrogen and oxygen atoms in total. The fourth-order valence-corrected chi connectivity index (χ4v) is 3.59. The van der Waals surface area contributed by atoms with E-state index in [4.69, 9.17) is 9.47 Å². The van der Waals surface area contributed by atoms with Gasteiger partial charge in [-0.15, -0.1) is 0 Å². The van der Waals surface area contributed by atoms with Gasteiger partial charge in [-0.25, -0.2) is 0 Å². The Morgan fingerprint density at radius 1 is 0.893 bits per heavy atom. The van der Waals surface area contributed by atoms with E-state index in [1.54, 1.807) is 7.11 Å². The number of hydrogen-bond donors (Lipinski definition) is 0. The van der Waals surface area contributed by atoms with E-state index < -0.39 is 0 Å². The molecule has 3 aromatic rings. The van der Waals surface area contributed by atoms with Gasteiger partial charge < -0.3 is 14.4 Å². The second-order valence-corrected chi connectivity index (χ2v) is 6.95. The average Bonchev–Trinajstić information content (AvgIpc) is 3.24. The van der Waals surface area contributed by atoms with Crippen molar-refractivity contribution in [3.8, 4) is 17.2 Å². The van der Waals surface area contributed by atoms with Crippen LogP contribution in [0.5, 0.6) is 17.2 Å². The largest absolute Gasteiger partial charge is 0.497 e. The molecule has 1 unspecified atom stereocenters. The second-order valence-electron chi connectivity index (χ2n) is 6.95. The summed E-state index contributed by atoms with van der Waals surface area (Å²) < 4.78 is 11.1. The summed E-state index contributed by atoms with van der Waals surface area (Å²) >= 11 is 0. The molecule has 1 saturated heterocycles. The average molecular weight is 373 g/mol. The zero-order valence-electron chi connectivity index (χ0n) is 15.9. The van der Waals surface area contributed by atoms with Crippen LogP contribution in [0.2, 0.25) is 0 Å². The third-order valence-electron chi connectivity index (χ3n) is 5.12. The first-order chi connectivity index (χ1) is 13.7. The zero-order valence-corrected chi connectivity index (χ0v) is 15.9. The Balaban J connectivity index is 1.44. The predicted molar refractivity (Wildman–Crippen MR) is 109 cm³/mol.